The molecule has 0 aromatic heterocycles. The molecule has 2 amide bonds. The normalized spacial score (nSPS) is 26.1. The van der Waals surface area contributed by atoms with Crippen LogP contribution in [0.4, 0.5) is 0 Å². The zero-order valence-corrected chi connectivity index (χ0v) is 12.4. The smallest absolute Gasteiger partial charge is 0.241 e. The Hall–Kier alpha value is -1.11. The van der Waals surface area contributed by atoms with Crippen LogP contribution in [-0.4, -0.2) is 31.7 Å². The fraction of sp³-hybridized carbons (Fsp3) is 0.846. The molecular weight excluding hydrogens is 280 g/mol. The number of nitrogens with one attached hydrogen (secondary N) is 2. The molecule has 1 atom stereocenters. The van der Waals surface area contributed by atoms with Gasteiger partial charge < -0.3 is 0 Å². The third-order valence-electron chi connectivity index (χ3n) is 4.10. The lowest BCUT2D eigenvalue weighted by Crippen LogP contribution is -2.45. The molecule has 6 nitrogen and oxygen atoms in total. The predicted molar refractivity (Wildman–Crippen MR) is 74.2 cm³/mol. The molecule has 20 heavy (non-hydrogen) atoms. The number of carbonyl (C=O) groups is 2. The lowest BCUT2D eigenvalue weighted by Gasteiger charge is -2.21. The maximum absolute atomic E-state index is 11.8. The SMILES string of the molecule is O=C(C[C@H]1CCS(=O)(=O)C1)NNC(=O)C1CCCCC1. The molecule has 0 bridgehead atoms. The Kier molecular flexibility index (Phi) is 5.01. The van der Waals surface area contributed by atoms with E-state index in [-0.39, 0.29) is 41.6 Å². The van der Waals surface area contributed by atoms with Gasteiger partial charge in [-0.2, -0.15) is 0 Å². The van der Waals surface area contributed by atoms with Crippen molar-refractivity contribution in [3.63, 3.8) is 0 Å². The second kappa shape index (κ2) is 6.56. The Bertz CT molecular complexity index is 469. The summed E-state index contributed by atoms with van der Waals surface area (Å²) in [6.45, 7) is 0. The Labute approximate surface area is 119 Å². The third-order valence-corrected chi connectivity index (χ3v) is 5.94. The topological polar surface area (TPSA) is 92.3 Å². The second-order valence-corrected chi connectivity index (χ2v) is 8.07. The first-order valence-corrected chi connectivity index (χ1v) is 9.07. The number of hydrazine groups is 1. The Balaban J connectivity index is 1.68. The van der Waals surface area contributed by atoms with Crippen molar-refractivity contribution in [3.05, 3.63) is 0 Å². The number of sulfone groups is 1. The predicted octanol–water partition coefficient (Wildman–Crippen LogP) is 0.539. The van der Waals surface area contributed by atoms with E-state index in [0.717, 1.165) is 25.7 Å². The maximum Gasteiger partial charge on any atom is 0.241 e. The number of hydrogen-bond donors (Lipinski definition) is 2. The molecule has 0 unspecified atom stereocenters. The summed E-state index contributed by atoms with van der Waals surface area (Å²) in [7, 11) is -2.96. The fourth-order valence-corrected chi connectivity index (χ4v) is 4.81. The van der Waals surface area contributed by atoms with Gasteiger partial charge in [0.05, 0.1) is 11.5 Å². The minimum Gasteiger partial charge on any atom is -0.273 e. The lowest BCUT2D eigenvalue weighted by atomic mass is 9.89. The van der Waals surface area contributed by atoms with Gasteiger partial charge in [0.2, 0.25) is 11.8 Å². The first-order valence-electron chi connectivity index (χ1n) is 7.25. The van der Waals surface area contributed by atoms with Gasteiger partial charge in [0.15, 0.2) is 9.84 Å². The molecule has 1 aliphatic carbocycles. The molecule has 7 heteroatoms. The summed E-state index contributed by atoms with van der Waals surface area (Å²) in [5.41, 5.74) is 4.86. The molecule has 0 aromatic carbocycles. The van der Waals surface area contributed by atoms with Crippen LogP contribution < -0.4 is 10.9 Å². The van der Waals surface area contributed by atoms with Gasteiger partial charge in [-0.15, -0.1) is 0 Å². The molecule has 1 saturated carbocycles. The molecule has 0 radical (unpaired) electrons. The summed E-state index contributed by atoms with van der Waals surface area (Å²) in [5.74, 6) is -0.313. The van der Waals surface area contributed by atoms with Crippen molar-refractivity contribution in [3.8, 4) is 0 Å². The summed E-state index contributed by atoms with van der Waals surface area (Å²) < 4.78 is 22.6. The van der Waals surface area contributed by atoms with Crippen LogP contribution in [0.3, 0.4) is 0 Å². The van der Waals surface area contributed by atoms with E-state index in [0.29, 0.717) is 6.42 Å². The highest BCUT2D eigenvalue weighted by Gasteiger charge is 2.29. The van der Waals surface area contributed by atoms with E-state index in [1.807, 2.05) is 0 Å². The van der Waals surface area contributed by atoms with Crippen molar-refractivity contribution in [1.82, 2.24) is 10.9 Å². The van der Waals surface area contributed by atoms with E-state index in [1.54, 1.807) is 0 Å². The first kappa shape index (κ1) is 15.3. The summed E-state index contributed by atoms with van der Waals surface area (Å²) >= 11 is 0. The summed E-state index contributed by atoms with van der Waals surface area (Å²) in [6, 6.07) is 0. The highest BCUT2D eigenvalue weighted by atomic mass is 32.2. The van der Waals surface area contributed by atoms with Crippen LogP contribution in [0.2, 0.25) is 0 Å². The summed E-state index contributed by atoms with van der Waals surface area (Å²) in [5, 5.41) is 0. The van der Waals surface area contributed by atoms with Gasteiger partial charge in [-0.05, 0) is 25.2 Å². The third kappa shape index (κ3) is 4.47. The number of amides is 2. The molecule has 2 fully saturated rings. The van der Waals surface area contributed by atoms with Crippen molar-refractivity contribution in [2.45, 2.75) is 44.9 Å². The standard InChI is InChI=1S/C13H22N2O4S/c16-12(8-10-6-7-20(18,19)9-10)14-15-13(17)11-4-2-1-3-5-11/h10-11H,1-9H2,(H,14,16)(H,15,17)/t10-/m1/s1. The molecule has 2 rings (SSSR count). The Morgan fingerprint density at radius 3 is 2.30 bits per heavy atom. The average molecular weight is 302 g/mol. The van der Waals surface area contributed by atoms with Crippen LogP contribution in [0.1, 0.15) is 44.9 Å². The zero-order chi connectivity index (χ0) is 14.6. The van der Waals surface area contributed by atoms with E-state index in [2.05, 4.69) is 10.9 Å². The van der Waals surface area contributed by atoms with E-state index in [4.69, 9.17) is 0 Å². The molecule has 1 aliphatic heterocycles. The van der Waals surface area contributed by atoms with E-state index < -0.39 is 9.84 Å². The summed E-state index contributed by atoms with van der Waals surface area (Å²) in [6.07, 6.45) is 5.74. The Morgan fingerprint density at radius 2 is 1.70 bits per heavy atom. The Morgan fingerprint density at radius 1 is 1.00 bits per heavy atom. The molecule has 1 heterocycles. The van der Waals surface area contributed by atoms with Gasteiger partial charge in [-0.25, -0.2) is 8.42 Å². The minimum absolute atomic E-state index is 0.00379. The average Bonchev–Trinajstić information content (AvgIpc) is 2.76. The maximum atomic E-state index is 11.8. The van der Waals surface area contributed by atoms with Crippen LogP contribution in [0.5, 0.6) is 0 Å². The molecule has 0 aromatic rings. The van der Waals surface area contributed by atoms with Crippen molar-refractivity contribution in [2.75, 3.05) is 11.5 Å². The molecular formula is C13H22N2O4S. The first-order chi connectivity index (χ1) is 9.46. The van der Waals surface area contributed by atoms with Crippen molar-refractivity contribution in [2.24, 2.45) is 11.8 Å². The van der Waals surface area contributed by atoms with Crippen LogP contribution in [-0.2, 0) is 19.4 Å². The quantitative estimate of drug-likeness (QED) is 0.744. The van der Waals surface area contributed by atoms with Crippen LogP contribution in [0, 0.1) is 11.8 Å². The molecule has 0 spiro atoms. The van der Waals surface area contributed by atoms with Crippen molar-refractivity contribution in [1.29, 1.82) is 0 Å². The highest BCUT2D eigenvalue weighted by Crippen LogP contribution is 2.23. The van der Waals surface area contributed by atoms with Crippen molar-refractivity contribution >= 4 is 21.7 Å². The van der Waals surface area contributed by atoms with Gasteiger partial charge in [-0.3, -0.25) is 20.4 Å². The van der Waals surface area contributed by atoms with Gasteiger partial charge >= 0.3 is 0 Å². The van der Waals surface area contributed by atoms with E-state index in [9.17, 15) is 18.0 Å². The van der Waals surface area contributed by atoms with Gasteiger partial charge in [-0.1, -0.05) is 19.3 Å². The second-order valence-electron chi connectivity index (χ2n) is 5.85. The number of rotatable bonds is 3. The zero-order valence-electron chi connectivity index (χ0n) is 11.6. The van der Waals surface area contributed by atoms with Crippen LogP contribution in [0.25, 0.3) is 0 Å². The summed E-state index contributed by atoms with van der Waals surface area (Å²) in [4.78, 5) is 23.5. The van der Waals surface area contributed by atoms with Crippen LogP contribution >= 0.6 is 0 Å². The number of hydrogen-bond acceptors (Lipinski definition) is 4. The van der Waals surface area contributed by atoms with Gasteiger partial charge in [0.1, 0.15) is 0 Å². The number of carbonyl (C=O) groups excluding carboxylic acids is 2. The van der Waals surface area contributed by atoms with Crippen LogP contribution in [0.15, 0.2) is 0 Å². The molecule has 1 saturated heterocycles. The molecule has 114 valence electrons. The molecule has 2 aliphatic rings. The highest BCUT2D eigenvalue weighted by molar-refractivity contribution is 7.91. The fourth-order valence-electron chi connectivity index (χ4n) is 2.94. The largest absolute Gasteiger partial charge is 0.273 e. The molecule has 2 N–H and O–H groups in total. The van der Waals surface area contributed by atoms with E-state index >= 15 is 0 Å². The van der Waals surface area contributed by atoms with E-state index in [1.165, 1.54) is 6.42 Å². The monoisotopic (exact) mass is 302 g/mol. The minimum atomic E-state index is -2.96. The van der Waals surface area contributed by atoms with Gasteiger partial charge in [0, 0.05) is 12.3 Å². The van der Waals surface area contributed by atoms with Crippen molar-refractivity contribution < 1.29 is 18.0 Å². The lowest BCUT2D eigenvalue weighted by molar-refractivity contribution is -0.132. The van der Waals surface area contributed by atoms with Gasteiger partial charge in [0.25, 0.3) is 0 Å².